The third-order valence-corrected chi connectivity index (χ3v) is 4.10. The van der Waals surface area contributed by atoms with Gasteiger partial charge in [0.1, 0.15) is 11.5 Å². The molecule has 2 aliphatic heterocycles. The van der Waals surface area contributed by atoms with E-state index < -0.39 is 0 Å². The van der Waals surface area contributed by atoms with Crippen LogP contribution in [0.2, 0.25) is 0 Å². The van der Waals surface area contributed by atoms with E-state index >= 15 is 0 Å². The summed E-state index contributed by atoms with van der Waals surface area (Å²) in [7, 11) is 1.65. The number of amides is 1. The van der Waals surface area contributed by atoms with E-state index in [2.05, 4.69) is 0 Å². The number of rotatable bonds is 3. The topological polar surface area (TPSA) is 38.8 Å². The van der Waals surface area contributed by atoms with Crippen LogP contribution in [0.1, 0.15) is 31.2 Å². The lowest BCUT2D eigenvalue weighted by molar-refractivity contribution is -0.149. The normalized spacial score (nSPS) is 26.4. The first-order valence-electron chi connectivity index (χ1n) is 6.81. The van der Waals surface area contributed by atoms with Crippen molar-refractivity contribution in [2.75, 3.05) is 13.7 Å². The summed E-state index contributed by atoms with van der Waals surface area (Å²) in [6.07, 6.45) is 3.46. The molecule has 19 heavy (non-hydrogen) atoms. The van der Waals surface area contributed by atoms with E-state index in [0.29, 0.717) is 13.0 Å². The van der Waals surface area contributed by atoms with Crippen LogP contribution in [0, 0.1) is 0 Å². The lowest BCUT2D eigenvalue weighted by Crippen LogP contribution is -2.44. The highest BCUT2D eigenvalue weighted by molar-refractivity contribution is 5.79. The number of carbonyl (C=O) groups excluding carboxylic acids is 1. The summed E-state index contributed by atoms with van der Waals surface area (Å²) in [4.78, 5) is 14.0. The van der Waals surface area contributed by atoms with Crippen molar-refractivity contribution >= 4 is 5.91 Å². The molecule has 0 bridgehead atoms. The van der Waals surface area contributed by atoms with Gasteiger partial charge in [-0.1, -0.05) is 12.1 Å². The lowest BCUT2D eigenvalue weighted by atomic mass is 10.1. The number of hydrogen-bond donors (Lipinski definition) is 0. The Kier molecular flexibility index (Phi) is 3.19. The van der Waals surface area contributed by atoms with E-state index in [1.54, 1.807) is 7.11 Å². The van der Waals surface area contributed by atoms with Crippen molar-refractivity contribution in [2.24, 2.45) is 0 Å². The van der Waals surface area contributed by atoms with Crippen molar-refractivity contribution in [3.05, 3.63) is 29.8 Å². The summed E-state index contributed by atoms with van der Waals surface area (Å²) in [6, 6.07) is 7.87. The maximum Gasteiger partial charge on any atom is 0.225 e. The van der Waals surface area contributed by atoms with E-state index in [0.717, 1.165) is 37.2 Å². The van der Waals surface area contributed by atoms with Gasteiger partial charge in [-0.25, -0.2) is 0 Å². The summed E-state index contributed by atoms with van der Waals surface area (Å²) in [5.41, 5.74) is 0.794. The van der Waals surface area contributed by atoms with E-state index in [-0.39, 0.29) is 11.6 Å². The van der Waals surface area contributed by atoms with Crippen molar-refractivity contribution in [1.29, 1.82) is 0 Å². The van der Waals surface area contributed by atoms with E-state index in [1.165, 1.54) is 0 Å². The van der Waals surface area contributed by atoms with E-state index in [1.807, 2.05) is 29.2 Å². The van der Waals surface area contributed by atoms with Gasteiger partial charge in [-0.2, -0.15) is 0 Å². The fraction of sp³-hybridized carbons (Fsp3) is 0.533. The molecular formula is C15H19NO3. The maximum absolute atomic E-state index is 12.1. The van der Waals surface area contributed by atoms with Crippen molar-refractivity contribution in [3.8, 4) is 5.75 Å². The molecule has 0 N–H and O–H groups in total. The van der Waals surface area contributed by atoms with Gasteiger partial charge in [0, 0.05) is 26.0 Å². The predicted octanol–water partition coefficient (Wildman–Crippen LogP) is 2.32. The molecule has 2 fully saturated rings. The first kappa shape index (κ1) is 12.5. The highest BCUT2D eigenvalue weighted by atomic mass is 16.5. The van der Waals surface area contributed by atoms with Crippen molar-refractivity contribution < 1.29 is 14.3 Å². The Morgan fingerprint density at radius 3 is 2.74 bits per heavy atom. The number of benzene rings is 1. The molecule has 3 rings (SSSR count). The minimum atomic E-state index is -0.322. The second kappa shape index (κ2) is 4.85. The highest BCUT2D eigenvalue weighted by Crippen LogP contribution is 2.40. The second-order valence-electron chi connectivity index (χ2n) is 5.23. The molecule has 0 radical (unpaired) electrons. The van der Waals surface area contributed by atoms with Gasteiger partial charge in [0.25, 0.3) is 0 Å². The number of carbonyl (C=O) groups is 1. The Labute approximate surface area is 113 Å². The first-order chi connectivity index (χ1) is 9.23. The molecule has 2 aliphatic rings. The van der Waals surface area contributed by atoms with Gasteiger partial charge in [-0.05, 0) is 30.5 Å². The van der Waals surface area contributed by atoms with Gasteiger partial charge in [0.2, 0.25) is 5.91 Å². The largest absolute Gasteiger partial charge is 0.497 e. The highest BCUT2D eigenvalue weighted by Gasteiger charge is 2.48. The van der Waals surface area contributed by atoms with Gasteiger partial charge in [-0.15, -0.1) is 0 Å². The zero-order valence-electron chi connectivity index (χ0n) is 11.2. The molecule has 0 aromatic heterocycles. The first-order valence-corrected chi connectivity index (χ1v) is 6.81. The Morgan fingerprint density at radius 1 is 1.32 bits per heavy atom. The predicted molar refractivity (Wildman–Crippen MR) is 70.7 cm³/mol. The molecule has 2 saturated heterocycles. The third kappa shape index (κ3) is 2.21. The number of ether oxygens (including phenoxy) is 2. The summed E-state index contributed by atoms with van der Waals surface area (Å²) in [5, 5.41) is 0. The van der Waals surface area contributed by atoms with E-state index in [9.17, 15) is 4.79 Å². The van der Waals surface area contributed by atoms with E-state index in [4.69, 9.17) is 9.47 Å². The molecule has 1 atom stereocenters. The molecule has 1 spiro atoms. The fourth-order valence-electron chi connectivity index (χ4n) is 3.04. The monoisotopic (exact) mass is 261 g/mol. The van der Waals surface area contributed by atoms with Gasteiger partial charge in [0.15, 0.2) is 0 Å². The van der Waals surface area contributed by atoms with Gasteiger partial charge < -0.3 is 14.4 Å². The van der Waals surface area contributed by atoms with Crippen LogP contribution in [0.3, 0.4) is 0 Å². The maximum atomic E-state index is 12.1. The van der Waals surface area contributed by atoms with Crippen LogP contribution in [-0.4, -0.2) is 30.2 Å². The Hall–Kier alpha value is -1.55. The molecule has 2 heterocycles. The van der Waals surface area contributed by atoms with Crippen LogP contribution in [-0.2, 0) is 16.1 Å². The lowest BCUT2D eigenvalue weighted by Gasteiger charge is -2.34. The third-order valence-electron chi connectivity index (χ3n) is 4.10. The zero-order valence-corrected chi connectivity index (χ0v) is 11.2. The molecule has 4 heteroatoms. The number of hydrogen-bond acceptors (Lipinski definition) is 3. The molecule has 1 amide bonds. The molecule has 4 nitrogen and oxygen atoms in total. The Bertz CT molecular complexity index is 463. The average molecular weight is 261 g/mol. The number of likely N-dealkylation sites (tertiary alicyclic amines) is 1. The summed E-state index contributed by atoms with van der Waals surface area (Å²) in [6.45, 7) is 1.40. The van der Waals surface area contributed by atoms with Gasteiger partial charge >= 0.3 is 0 Å². The van der Waals surface area contributed by atoms with Crippen molar-refractivity contribution in [2.45, 2.75) is 38.0 Å². The second-order valence-corrected chi connectivity index (χ2v) is 5.23. The minimum absolute atomic E-state index is 0.206. The smallest absolute Gasteiger partial charge is 0.225 e. The SMILES string of the molecule is COc1ccc(CN2C(=O)CCC23CCCO3)cc1. The molecular weight excluding hydrogens is 242 g/mol. The Balaban J connectivity index is 1.78. The van der Waals surface area contributed by atoms with Crippen LogP contribution >= 0.6 is 0 Å². The fourth-order valence-corrected chi connectivity index (χ4v) is 3.04. The van der Waals surface area contributed by atoms with Gasteiger partial charge in [0.05, 0.1) is 7.11 Å². The standard InChI is InChI=1S/C15H19NO3/c1-18-13-5-3-12(4-6-13)11-16-14(17)7-9-15(16)8-2-10-19-15/h3-6H,2,7-11H2,1H3. The molecule has 102 valence electrons. The molecule has 1 unspecified atom stereocenters. The molecule has 1 aromatic rings. The Morgan fingerprint density at radius 2 is 2.11 bits per heavy atom. The minimum Gasteiger partial charge on any atom is -0.497 e. The van der Waals surface area contributed by atoms with Crippen LogP contribution in [0.25, 0.3) is 0 Å². The van der Waals surface area contributed by atoms with Crippen LogP contribution in [0.4, 0.5) is 0 Å². The quantitative estimate of drug-likeness (QED) is 0.838. The molecule has 0 saturated carbocycles. The summed E-state index contributed by atoms with van der Waals surface area (Å²) in [5.74, 6) is 1.04. The van der Waals surface area contributed by atoms with Crippen LogP contribution < -0.4 is 4.74 Å². The zero-order chi connectivity index (χ0) is 13.3. The molecule has 1 aromatic carbocycles. The number of methoxy groups -OCH3 is 1. The summed E-state index contributed by atoms with van der Waals surface area (Å²) >= 11 is 0. The van der Waals surface area contributed by atoms with Crippen molar-refractivity contribution in [1.82, 2.24) is 4.90 Å². The number of nitrogens with zero attached hydrogens (tertiary/aromatic N) is 1. The van der Waals surface area contributed by atoms with Crippen molar-refractivity contribution in [3.63, 3.8) is 0 Å². The molecule has 0 aliphatic carbocycles. The van der Waals surface area contributed by atoms with Crippen LogP contribution in [0.15, 0.2) is 24.3 Å². The van der Waals surface area contributed by atoms with Crippen LogP contribution in [0.5, 0.6) is 5.75 Å². The summed E-state index contributed by atoms with van der Waals surface area (Å²) < 4.78 is 11.0. The van der Waals surface area contributed by atoms with Gasteiger partial charge in [-0.3, -0.25) is 4.79 Å². The average Bonchev–Trinajstić information content (AvgIpc) is 3.03.